The van der Waals surface area contributed by atoms with Crippen LogP contribution in [0.5, 0.6) is 0 Å². The number of nitrogens with zero attached hydrogens (tertiary/aromatic N) is 6. The van der Waals surface area contributed by atoms with Crippen molar-refractivity contribution in [3.8, 4) is 0 Å². The zero-order valence-corrected chi connectivity index (χ0v) is 21.8. The number of benzene rings is 1. The molecule has 0 aliphatic carbocycles. The molecule has 8 nitrogen and oxygen atoms in total. The van der Waals surface area contributed by atoms with E-state index in [0.717, 1.165) is 42.6 Å². The topological polar surface area (TPSA) is 74.6 Å². The highest BCUT2D eigenvalue weighted by Crippen LogP contribution is 2.32. The van der Waals surface area contributed by atoms with Crippen molar-refractivity contribution in [1.29, 1.82) is 0 Å². The van der Waals surface area contributed by atoms with Gasteiger partial charge in [-0.1, -0.05) is 18.2 Å². The van der Waals surface area contributed by atoms with Crippen molar-refractivity contribution in [3.05, 3.63) is 77.9 Å². The molecule has 2 atom stereocenters. The van der Waals surface area contributed by atoms with E-state index >= 15 is 0 Å². The SMILES string of the molecule is CC(=O)N1CCC2CCC(CN(C(=O)CCc3cnn(C)c3)Cc3ccccc31)N2Cc1ccncc1. The molecule has 2 unspecified atom stereocenters. The first-order chi connectivity index (χ1) is 18.0. The van der Waals surface area contributed by atoms with Crippen LogP contribution in [0.4, 0.5) is 5.69 Å². The monoisotopic (exact) mass is 500 g/mol. The van der Waals surface area contributed by atoms with Crippen molar-refractivity contribution >= 4 is 17.5 Å². The third-order valence-electron chi connectivity index (χ3n) is 7.77. The normalized spacial score (nSPS) is 20.4. The molecule has 2 amide bonds. The van der Waals surface area contributed by atoms with Crippen molar-refractivity contribution in [3.63, 3.8) is 0 Å². The molecule has 2 aliphatic rings. The minimum absolute atomic E-state index is 0.0383. The lowest BCUT2D eigenvalue weighted by molar-refractivity contribution is -0.132. The lowest BCUT2D eigenvalue weighted by atomic mass is 10.1. The van der Waals surface area contributed by atoms with Crippen LogP contribution in [0.1, 0.15) is 49.3 Å². The van der Waals surface area contributed by atoms with Gasteiger partial charge in [0.05, 0.1) is 6.20 Å². The number of hydrogen-bond acceptors (Lipinski definition) is 5. The Labute approximate surface area is 218 Å². The fourth-order valence-corrected chi connectivity index (χ4v) is 5.84. The maximum atomic E-state index is 13.7. The lowest BCUT2D eigenvalue weighted by Gasteiger charge is -2.34. The fraction of sp³-hybridized carbons (Fsp3) is 0.448. The average Bonchev–Trinajstić information content (AvgIpc) is 3.48. The molecular formula is C29H36N6O2. The largest absolute Gasteiger partial charge is 0.337 e. The van der Waals surface area contributed by atoms with Gasteiger partial charge in [0, 0.05) is 82.9 Å². The lowest BCUT2D eigenvalue weighted by Crippen LogP contribution is -2.45. The van der Waals surface area contributed by atoms with E-state index in [2.05, 4.69) is 33.2 Å². The number of aromatic nitrogens is 3. The minimum atomic E-state index is 0.0383. The van der Waals surface area contributed by atoms with E-state index in [1.807, 2.05) is 59.8 Å². The number of hydrogen-bond donors (Lipinski definition) is 0. The molecule has 1 aromatic carbocycles. The van der Waals surface area contributed by atoms with Crippen molar-refractivity contribution in [2.45, 2.75) is 64.2 Å². The van der Waals surface area contributed by atoms with E-state index in [9.17, 15) is 9.59 Å². The summed E-state index contributed by atoms with van der Waals surface area (Å²) >= 11 is 0. The van der Waals surface area contributed by atoms with E-state index in [0.29, 0.717) is 38.5 Å². The molecule has 2 bridgehead atoms. The van der Waals surface area contributed by atoms with Gasteiger partial charge in [-0.3, -0.25) is 24.2 Å². The first-order valence-corrected chi connectivity index (χ1v) is 13.2. The van der Waals surface area contributed by atoms with Crippen LogP contribution in [0, 0.1) is 0 Å². The number of anilines is 1. The summed E-state index contributed by atoms with van der Waals surface area (Å²) in [4.78, 5) is 37.1. The predicted octanol–water partition coefficient (Wildman–Crippen LogP) is 3.57. The fourth-order valence-electron chi connectivity index (χ4n) is 5.84. The van der Waals surface area contributed by atoms with E-state index in [1.54, 1.807) is 11.6 Å². The Kier molecular flexibility index (Phi) is 7.65. The molecule has 4 heterocycles. The highest BCUT2D eigenvalue weighted by Gasteiger charge is 2.36. The zero-order valence-electron chi connectivity index (χ0n) is 21.8. The Hall–Kier alpha value is -3.52. The van der Waals surface area contributed by atoms with Crippen molar-refractivity contribution in [2.24, 2.45) is 7.05 Å². The highest BCUT2D eigenvalue weighted by atomic mass is 16.2. The van der Waals surface area contributed by atoms with Crippen LogP contribution < -0.4 is 4.90 Å². The standard InChI is InChI=1S/C29H36N6O2/c1-22(36)34-16-13-26-8-9-27(35(26)19-23-11-14-30-15-12-23)21-33(20-25-5-3-4-6-28(25)34)29(37)10-7-24-17-31-32(2)18-24/h3-6,11-12,14-15,17-18,26-27H,7-10,13,16,19-21H2,1-2H3. The Balaban J connectivity index is 1.45. The van der Waals surface area contributed by atoms with Crippen LogP contribution in [-0.4, -0.2) is 61.6 Å². The van der Waals surface area contributed by atoms with Gasteiger partial charge < -0.3 is 9.80 Å². The molecule has 0 saturated carbocycles. The summed E-state index contributed by atoms with van der Waals surface area (Å²) in [6.07, 6.45) is 11.6. The van der Waals surface area contributed by atoms with Gasteiger partial charge in [-0.2, -0.15) is 5.10 Å². The second-order valence-electron chi connectivity index (χ2n) is 10.3. The summed E-state index contributed by atoms with van der Waals surface area (Å²) < 4.78 is 1.77. The van der Waals surface area contributed by atoms with Gasteiger partial charge in [-0.15, -0.1) is 0 Å². The smallest absolute Gasteiger partial charge is 0.223 e. The first-order valence-electron chi connectivity index (χ1n) is 13.2. The zero-order chi connectivity index (χ0) is 25.8. The molecule has 2 aromatic heterocycles. The molecule has 2 aliphatic heterocycles. The van der Waals surface area contributed by atoms with Gasteiger partial charge in [0.25, 0.3) is 0 Å². The summed E-state index contributed by atoms with van der Waals surface area (Å²) in [6.45, 7) is 4.31. The second kappa shape index (κ2) is 11.3. The van der Waals surface area contributed by atoms with E-state index in [1.165, 1.54) is 5.56 Å². The van der Waals surface area contributed by atoms with E-state index < -0.39 is 0 Å². The summed E-state index contributed by atoms with van der Waals surface area (Å²) in [5.41, 5.74) is 4.23. The van der Waals surface area contributed by atoms with Crippen LogP contribution >= 0.6 is 0 Å². The van der Waals surface area contributed by atoms with Crippen LogP contribution in [0.3, 0.4) is 0 Å². The van der Waals surface area contributed by atoms with Gasteiger partial charge in [-0.05, 0) is 60.6 Å². The predicted molar refractivity (Wildman–Crippen MR) is 143 cm³/mol. The minimum Gasteiger partial charge on any atom is -0.337 e. The summed E-state index contributed by atoms with van der Waals surface area (Å²) in [6, 6.07) is 12.8. The molecule has 1 saturated heterocycles. The Morgan fingerprint density at radius 3 is 2.54 bits per heavy atom. The number of rotatable bonds is 5. The average molecular weight is 501 g/mol. The Morgan fingerprint density at radius 1 is 1.00 bits per heavy atom. The first kappa shape index (κ1) is 25.1. The number of aryl methyl sites for hydroxylation is 2. The highest BCUT2D eigenvalue weighted by molar-refractivity contribution is 5.92. The molecular weight excluding hydrogens is 464 g/mol. The maximum absolute atomic E-state index is 13.7. The van der Waals surface area contributed by atoms with Gasteiger partial charge in [0.2, 0.25) is 11.8 Å². The molecule has 1 fully saturated rings. The summed E-state index contributed by atoms with van der Waals surface area (Å²) in [5, 5.41) is 4.25. The van der Waals surface area contributed by atoms with Gasteiger partial charge in [0.15, 0.2) is 0 Å². The number of carbonyl (C=O) groups is 2. The van der Waals surface area contributed by atoms with Gasteiger partial charge in [-0.25, -0.2) is 0 Å². The second-order valence-corrected chi connectivity index (χ2v) is 10.3. The molecule has 3 aromatic rings. The van der Waals surface area contributed by atoms with Crippen LogP contribution in [0.25, 0.3) is 0 Å². The molecule has 194 valence electrons. The van der Waals surface area contributed by atoms with Crippen LogP contribution in [0.15, 0.2) is 61.2 Å². The Morgan fingerprint density at radius 2 is 1.78 bits per heavy atom. The number of pyridine rings is 1. The van der Waals surface area contributed by atoms with Crippen LogP contribution in [-0.2, 0) is 36.1 Å². The van der Waals surface area contributed by atoms with Gasteiger partial charge in [0.1, 0.15) is 0 Å². The maximum Gasteiger partial charge on any atom is 0.223 e. The van der Waals surface area contributed by atoms with Crippen molar-refractivity contribution in [2.75, 3.05) is 18.0 Å². The number of fused-ring (bicyclic) bond motifs is 3. The molecule has 0 N–H and O–H groups in total. The molecule has 5 rings (SSSR count). The number of amides is 2. The molecule has 0 radical (unpaired) electrons. The molecule has 0 spiro atoms. The Bertz CT molecular complexity index is 1230. The number of para-hydroxylation sites is 1. The van der Waals surface area contributed by atoms with Crippen molar-refractivity contribution < 1.29 is 9.59 Å². The third-order valence-corrected chi connectivity index (χ3v) is 7.77. The summed E-state index contributed by atoms with van der Waals surface area (Å²) in [7, 11) is 1.89. The van der Waals surface area contributed by atoms with Gasteiger partial charge >= 0.3 is 0 Å². The quantitative estimate of drug-likeness (QED) is 0.536. The summed E-state index contributed by atoms with van der Waals surface area (Å²) in [5.74, 6) is 0.177. The third kappa shape index (κ3) is 5.91. The van der Waals surface area contributed by atoms with E-state index in [4.69, 9.17) is 0 Å². The molecule has 37 heavy (non-hydrogen) atoms. The molecule has 8 heteroatoms. The number of carbonyl (C=O) groups excluding carboxylic acids is 2. The van der Waals surface area contributed by atoms with Crippen LogP contribution in [0.2, 0.25) is 0 Å². The van der Waals surface area contributed by atoms with Crippen molar-refractivity contribution in [1.82, 2.24) is 24.6 Å². The van der Waals surface area contributed by atoms with E-state index in [-0.39, 0.29) is 17.9 Å².